The van der Waals surface area contributed by atoms with Crippen LogP contribution in [-0.4, -0.2) is 11.6 Å². The fourth-order valence-electron chi connectivity index (χ4n) is 1.76. The van der Waals surface area contributed by atoms with Crippen molar-refractivity contribution >= 4 is 23.2 Å². The highest BCUT2D eigenvalue weighted by Gasteiger charge is 2.16. The summed E-state index contributed by atoms with van der Waals surface area (Å²) in [6, 6.07) is 7.34. The summed E-state index contributed by atoms with van der Waals surface area (Å²) in [5.74, 6) is 0.131. The van der Waals surface area contributed by atoms with E-state index in [0.29, 0.717) is 17.9 Å². The Kier molecular flexibility index (Phi) is 4.69. The zero-order valence-corrected chi connectivity index (χ0v) is 10.3. The van der Waals surface area contributed by atoms with Gasteiger partial charge in [-0.15, -0.1) is 0 Å². The molecule has 1 aromatic rings. The first-order chi connectivity index (χ1) is 7.49. The molecule has 0 atom stereocenters. The van der Waals surface area contributed by atoms with Gasteiger partial charge in [0.2, 0.25) is 0 Å². The Morgan fingerprint density at radius 3 is 2.19 bits per heavy atom. The molecule has 0 aliphatic carbocycles. The number of carbonyl (C=O) groups excluding carboxylic acids is 2. The molecular formula is C13H15ClO2. The minimum Gasteiger partial charge on any atom is -0.300 e. The summed E-state index contributed by atoms with van der Waals surface area (Å²) in [6.07, 6.45) is 0.778. The largest absolute Gasteiger partial charge is 0.300 e. The van der Waals surface area contributed by atoms with E-state index in [-0.39, 0.29) is 17.5 Å². The third-order valence-corrected chi connectivity index (χ3v) is 2.62. The second-order valence-corrected chi connectivity index (χ2v) is 4.50. The molecule has 0 spiro atoms. The molecule has 16 heavy (non-hydrogen) atoms. The Morgan fingerprint density at radius 2 is 1.75 bits per heavy atom. The number of hydrogen-bond acceptors (Lipinski definition) is 2. The molecule has 86 valence electrons. The van der Waals surface area contributed by atoms with Gasteiger partial charge >= 0.3 is 0 Å². The minimum absolute atomic E-state index is 0.0475. The summed E-state index contributed by atoms with van der Waals surface area (Å²) in [5, 5.41) is 0.634. The van der Waals surface area contributed by atoms with Crippen molar-refractivity contribution in [3.05, 3.63) is 34.9 Å². The second-order valence-electron chi connectivity index (χ2n) is 4.06. The first-order valence-electron chi connectivity index (χ1n) is 5.23. The summed E-state index contributed by atoms with van der Waals surface area (Å²) in [6.45, 7) is 3.08. The van der Waals surface area contributed by atoms with Crippen LogP contribution in [0.3, 0.4) is 0 Å². The van der Waals surface area contributed by atoms with Crippen molar-refractivity contribution in [3.8, 4) is 0 Å². The first-order valence-corrected chi connectivity index (χ1v) is 5.61. The maximum absolute atomic E-state index is 11.1. The van der Waals surface area contributed by atoms with Gasteiger partial charge < -0.3 is 9.59 Å². The molecule has 0 aliphatic rings. The molecule has 0 radical (unpaired) electrons. The van der Waals surface area contributed by atoms with Crippen LogP contribution in [0.2, 0.25) is 5.02 Å². The standard InChI is InChI=1S/C13H15ClO2/c1-9(15)6-12(7-10(2)16)11-4-3-5-13(14)8-11/h3-5,8,12H,6-7H2,1-2H3. The lowest BCUT2D eigenvalue weighted by molar-refractivity contribution is -0.118. The number of Topliss-reactive ketones (excluding diaryl/α,β-unsaturated/α-hetero) is 2. The highest BCUT2D eigenvalue weighted by atomic mass is 35.5. The van der Waals surface area contributed by atoms with Crippen LogP contribution in [0.4, 0.5) is 0 Å². The van der Waals surface area contributed by atoms with Crippen molar-refractivity contribution in [2.75, 3.05) is 0 Å². The van der Waals surface area contributed by atoms with Crippen LogP contribution in [0.25, 0.3) is 0 Å². The molecule has 1 rings (SSSR count). The zero-order valence-electron chi connectivity index (χ0n) is 9.50. The van der Waals surface area contributed by atoms with Gasteiger partial charge in [-0.1, -0.05) is 23.7 Å². The molecule has 0 saturated carbocycles. The Bertz CT molecular complexity index is 383. The van der Waals surface area contributed by atoms with E-state index in [4.69, 9.17) is 11.6 Å². The van der Waals surface area contributed by atoms with E-state index in [9.17, 15) is 9.59 Å². The van der Waals surface area contributed by atoms with Gasteiger partial charge in [-0.25, -0.2) is 0 Å². The smallest absolute Gasteiger partial charge is 0.130 e. The van der Waals surface area contributed by atoms with E-state index in [1.165, 1.54) is 13.8 Å². The summed E-state index contributed by atoms with van der Waals surface area (Å²) in [5.41, 5.74) is 0.956. The summed E-state index contributed by atoms with van der Waals surface area (Å²) in [4.78, 5) is 22.3. The molecule has 2 nitrogen and oxygen atoms in total. The average molecular weight is 239 g/mol. The highest BCUT2D eigenvalue weighted by molar-refractivity contribution is 6.30. The van der Waals surface area contributed by atoms with E-state index < -0.39 is 0 Å². The van der Waals surface area contributed by atoms with Crippen LogP contribution in [-0.2, 0) is 9.59 Å². The normalized spacial score (nSPS) is 10.5. The summed E-state index contributed by atoms with van der Waals surface area (Å²) in [7, 11) is 0. The number of benzene rings is 1. The Hall–Kier alpha value is -1.15. The van der Waals surface area contributed by atoms with Crippen molar-refractivity contribution in [3.63, 3.8) is 0 Å². The van der Waals surface area contributed by atoms with Gasteiger partial charge in [0, 0.05) is 17.9 Å². The van der Waals surface area contributed by atoms with Crippen molar-refractivity contribution in [2.45, 2.75) is 32.6 Å². The molecule has 0 unspecified atom stereocenters. The van der Waals surface area contributed by atoms with Gasteiger partial charge in [-0.3, -0.25) is 0 Å². The maximum Gasteiger partial charge on any atom is 0.130 e. The van der Waals surface area contributed by atoms with Crippen molar-refractivity contribution in [1.29, 1.82) is 0 Å². The lowest BCUT2D eigenvalue weighted by Crippen LogP contribution is -2.08. The summed E-state index contributed by atoms with van der Waals surface area (Å²) < 4.78 is 0. The highest BCUT2D eigenvalue weighted by Crippen LogP contribution is 2.26. The van der Waals surface area contributed by atoms with E-state index in [0.717, 1.165) is 5.56 Å². The molecule has 0 heterocycles. The van der Waals surface area contributed by atoms with Crippen LogP contribution in [0.1, 0.15) is 38.2 Å². The van der Waals surface area contributed by atoms with Crippen molar-refractivity contribution in [2.24, 2.45) is 0 Å². The van der Waals surface area contributed by atoms with Crippen LogP contribution in [0.15, 0.2) is 24.3 Å². The molecule has 3 heteroatoms. The molecule has 0 amide bonds. The zero-order chi connectivity index (χ0) is 12.1. The Labute approximate surface area is 101 Å². The Balaban J connectivity index is 2.90. The topological polar surface area (TPSA) is 34.1 Å². The fraction of sp³-hybridized carbons (Fsp3) is 0.385. The monoisotopic (exact) mass is 238 g/mol. The van der Waals surface area contributed by atoms with Gasteiger partial charge in [0.1, 0.15) is 11.6 Å². The van der Waals surface area contributed by atoms with E-state index >= 15 is 0 Å². The van der Waals surface area contributed by atoms with Crippen molar-refractivity contribution in [1.82, 2.24) is 0 Å². The molecule has 0 N–H and O–H groups in total. The van der Waals surface area contributed by atoms with Crippen LogP contribution >= 0.6 is 11.6 Å². The van der Waals surface area contributed by atoms with Gasteiger partial charge in [-0.05, 0) is 37.5 Å². The van der Waals surface area contributed by atoms with Crippen LogP contribution in [0.5, 0.6) is 0 Å². The molecular weight excluding hydrogens is 224 g/mol. The van der Waals surface area contributed by atoms with Gasteiger partial charge in [0.25, 0.3) is 0 Å². The number of carbonyl (C=O) groups is 2. The van der Waals surface area contributed by atoms with Crippen LogP contribution < -0.4 is 0 Å². The molecule has 0 aliphatic heterocycles. The fourth-order valence-corrected chi connectivity index (χ4v) is 1.96. The van der Waals surface area contributed by atoms with Gasteiger partial charge in [-0.2, -0.15) is 0 Å². The summed E-state index contributed by atoms with van der Waals surface area (Å²) >= 11 is 5.89. The van der Waals surface area contributed by atoms with Crippen molar-refractivity contribution < 1.29 is 9.59 Å². The van der Waals surface area contributed by atoms with Gasteiger partial charge in [0.15, 0.2) is 0 Å². The first kappa shape index (κ1) is 12.9. The quantitative estimate of drug-likeness (QED) is 0.788. The third-order valence-electron chi connectivity index (χ3n) is 2.39. The SMILES string of the molecule is CC(=O)CC(CC(C)=O)c1cccc(Cl)c1. The lowest BCUT2D eigenvalue weighted by Gasteiger charge is -2.14. The number of ketones is 2. The lowest BCUT2D eigenvalue weighted by atomic mass is 9.90. The predicted octanol–water partition coefficient (Wildman–Crippen LogP) is 3.38. The molecule has 0 aromatic heterocycles. The van der Waals surface area contributed by atoms with E-state index in [2.05, 4.69) is 0 Å². The molecule has 0 bridgehead atoms. The Morgan fingerprint density at radius 1 is 1.19 bits per heavy atom. The third kappa shape index (κ3) is 4.15. The number of halogens is 1. The van der Waals surface area contributed by atoms with E-state index in [1.54, 1.807) is 6.07 Å². The molecule has 0 fully saturated rings. The number of rotatable bonds is 5. The number of hydrogen-bond donors (Lipinski definition) is 0. The maximum atomic E-state index is 11.1. The van der Waals surface area contributed by atoms with E-state index in [1.807, 2.05) is 18.2 Å². The second kappa shape index (κ2) is 5.80. The van der Waals surface area contributed by atoms with Crippen LogP contribution in [0, 0.1) is 0 Å². The molecule has 0 saturated heterocycles. The van der Waals surface area contributed by atoms with Gasteiger partial charge in [0.05, 0.1) is 0 Å². The minimum atomic E-state index is -0.0475. The predicted molar refractivity (Wildman–Crippen MR) is 64.8 cm³/mol. The molecule has 1 aromatic carbocycles. The average Bonchev–Trinajstić information content (AvgIpc) is 2.15.